The van der Waals surface area contributed by atoms with Gasteiger partial charge in [0, 0.05) is 6.04 Å². The molecule has 0 saturated carbocycles. The molecule has 3 heteroatoms. The smallest absolute Gasteiger partial charge is 0.0801 e. The van der Waals surface area contributed by atoms with E-state index in [4.69, 9.17) is 0 Å². The van der Waals surface area contributed by atoms with Crippen molar-refractivity contribution < 1.29 is 0 Å². The molecule has 1 fully saturated rings. The van der Waals surface area contributed by atoms with Gasteiger partial charge in [-0.1, -0.05) is 24.3 Å². The molecule has 3 rings (SSSR count). The maximum atomic E-state index is 4.32. The summed E-state index contributed by atoms with van der Waals surface area (Å²) in [6, 6.07) is 9.57. The van der Waals surface area contributed by atoms with Crippen LogP contribution in [-0.2, 0) is 0 Å². The molecule has 19 heavy (non-hydrogen) atoms. The third-order valence-electron chi connectivity index (χ3n) is 4.09. The van der Waals surface area contributed by atoms with Gasteiger partial charge in [0.1, 0.15) is 0 Å². The monoisotopic (exact) mass is 272 g/mol. The first-order valence-corrected chi connectivity index (χ1v) is 7.88. The predicted molar refractivity (Wildman–Crippen MR) is 81.5 cm³/mol. The first-order valence-electron chi connectivity index (χ1n) is 7.00. The number of benzene rings is 1. The standard InChI is InChI=1S/C16H20N2S/c1-12-16(19-11-17-12)15-7-5-14(6-8-15)13(2)18-9-3-4-10-18/h5-8,11,13H,3-4,9-10H2,1-2H3/t13-/m0/s1. The number of likely N-dealkylation sites (tertiary alicyclic amines) is 1. The molecule has 2 nitrogen and oxygen atoms in total. The van der Waals surface area contributed by atoms with E-state index in [-0.39, 0.29) is 0 Å². The van der Waals surface area contributed by atoms with Crippen LogP contribution in [0.4, 0.5) is 0 Å². The Morgan fingerprint density at radius 3 is 2.42 bits per heavy atom. The molecule has 2 aromatic rings. The summed E-state index contributed by atoms with van der Waals surface area (Å²) in [7, 11) is 0. The summed E-state index contributed by atoms with van der Waals surface area (Å²) >= 11 is 1.72. The van der Waals surface area contributed by atoms with Gasteiger partial charge in [-0.25, -0.2) is 4.98 Å². The minimum Gasteiger partial charge on any atom is -0.297 e. The Labute approximate surface area is 119 Å². The van der Waals surface area contributed by atoms with Gasteiger partial charge in [-0.3, -0.25) is 4.90 Å². The van der Waals surface area contributed by atoms with E-state index in [0.717, 1.165) is 5.69 Å². The van der Waals surface area contributed by atoms with Gasteiger partial charge in [-0.2, -0.15) is 0 Å². The molecule has 1 aromatic carbocycles. The second-order valence-corrected chi connectivity index (χ2v) is 6.16. The van der Waals surface area contributed by atoms with Crippen molar-refractivity contribution in [1.82, 2.24) is 9.88 Å². The molecule has 1 aliphatic heterocycles. The highest BCUT2D eigenvalue weighted by Gasteiger charge is 2.19. The lowest BCUT2D eigenvalue weighted by atomic mass is 10.0. The highest BCUT2D eigenvalue weighted by molar-refractivity contribution is 7.13. The number of nitrogens with zero attached hydrogens (tertiary/aromatic N) is 2. The summed E-state index contributed by atoms with van der Waals surface area (Å²) in [6.45, 7) is 6.89. The van der Waals surface area contributed by atoms with E-state index in [1.54, 1.807) is 11.3 Å². The Morgan fingerprint density at radius 1 is 1.16 bits per heavy atom. The summed E-state index contributed by atoms with van der Waals surface area (Å²) in [6.07, 6.45) is 2.70. The van der Waals surface area contributed by atoms with Crippen molar-refractivity contribution in [3.8, 4) is 10.4 Å². The summed E-state index contributed by atoms with van der Waals surface area (Å²) in [5.41, 5.74) is 5.77. The molecule has 2 heterocycles. The quantitative estimate of drug-likeness (QED) is 0.829. The fourth-order valence-corrected chi connectivity index (χ4v) is 3.64. The van der Waals surface area contributed by atoms with E-state index in [2.05, 4.69) is 48.0 Å². The van der Waals surface area contributed by atoms with Crippen LogP contribution in [-0.4, -0.2) is 23.0 Å². The minimum atomic E-state index is 0.541. The molecule has 100 valence electrons. The van der Waals surface area contributed by atoms with Crippen molar-refractivity contribution >= 4 is 11.3 Å². The molecule has 0 radical (unpaired) electrons. The molecule has 0 bridgehead atoms. The second kappa shape index (κ2) is 5.43. The average Bonchev–Trinajstić information content (AvgIpc) is 3.09. The zero-order valence-corrected chi connectivity index (χ0v) is 12.4. The predicted octanol–water partition coefficient (Wildman–Crippen LogP) is 4.28. The van der Waals surface area contributed by atoms with E-state index in [1.807, 2.05) is 5.51 Å². The van der Waals surface area contributed by atoms with Crippen LogP contribution < -0.4 is 0 Å². The van der Waals surface area contributed by atoms with Gasteiger partial charge in [0.25, 0.3) is 0 Å². The van der Waals surface area contributed by atoms with Crippen LogP contribution in [0.5, 0.6) is 0 Å². The lowest BCUT2D eigenvalue weighted by Gasteiger charge is -2.24. The lowest BCUT2D eigenvalue weighted by molar-refractivity contribution is 0.263. The average molecular weight is 272 g/mol. The van der Waals surface area contributed by atoms with Gasteiger partial charge in [0.05, 0.1) is 16.1 Å². The number of thiazole rings is 1. The van der Waals surface area contributed by atoms with Crippen molar-refractivity contribution in [3.63, 3.8) is 0 Å². The molecule has 1 atom stereocenters. The zero-order valence-electron chi connectivity index (χ0n) is 11.6. The molecule has 1 aliphatic rings. The van der Waals surface area contributed by atoms with Crippen LogP contribution >= 0.6 is 11.3 Å². The Hall–Kier alpha value is -1.19. The number of hydrogen-bond acceptors (Lipinski definition) is 3. The van der Waals surface area contributed by atoms with Crippen molar-refractivity contribution in [2.24, 2.45) is 0 Å². The molecule has 0 amide bonds. The van der Waals surface area contributed by atoms with Crippen LogP contribution in [0.3, 0.4) is 0 Å². The first kappa shape index (κ1) is 12.8. The van der Waals surface area contributed by atoms with E-state index < -0.39 is 0 Å². The lowest BCUT2D eigenvalue weighted by Crippen LogP contribution is -2.23. The summed E-state index contributed by atoms with van der Waals surface area (Å²) in [5, 5.41) is 0. The number of aryl methyl sites for hydroxylation is 1. The number of aromatic nitrogens is 1. The van der Waals surface area contributed by atoms with Crippen LogP contribution in [0, 0.1) is 6.92 Å². The Kier molecular flexibility index (Phi) is 3.67. The van der Waals surface area contributed by atoms with E-state index in [9.17, 15) is 0 Å². The Morgan fingerprint density at radius 2 is 1.84 bits per heavy atom. The Bertz CT molecular complexity index is 538. The molecular formula is C16H20N2S. The van der Waals surface area contributed by atoms with Crippen LogP contribution in [0.15, 0.2) is 29.8 Å². The van der Waals surface area contributed by atoms with Gasteiger partial charge in [0.15, 0.2) is 0 Å². The normalized spacial score (nSPS) is 17.8. The van der Waals surface area contributed by atoms with Gasteiger partial charge in [-0.15, -0.1) is 11.3 Å². The van der Waals surface area contributed by atoms with Gasteiger partial charge in [-0.05, 0) is 50.9 Å². The molecule has 0 aliphatic carbocycles. The van der Waals surface area contributed by atoms with Crippen LogP contribution in [0.25, 0.3) is 10.4 Å². The maximum absolute atomic E-state index is 4.32. The summed E-state index contributed by atoms with van der Waals surface area (Å²) in [5.74, 6) is 0. The molecule has 0 unspecified atom stereocenters. The number of hydrogen-bond donors (Lipinski definition) is 0. The molecule has 1 saturated heterocycles. The highest BCUT2D eigenvalue weighted by Crippen LogP contribution is 2.30. The van der Waals surface area contributed by atoms with Crippen molar-refractivity contribution in [3.05, 3.63) is 41.0 Å². The van der Waals surface area contributed by atoms with Crippen molar-refractivity contribution in [2.45, 2.75) is 32.7 Å². The third kappa shape index (κ3) is 2.58. The molecule has 1 aromatic heterocycles. The number of rotatable bonds is 3. The van der Waals surface area contributed by atoms with Crippen molar-refractivity contribution in [2.75, 3.05) is 13.1 Å². The minimum absolute atomic E-state index is 0.541. The van der Waals surface area contributed by atoms with Crippen LogP contribution in [0.1, 0.15) is 37.1 Å². The van der Waals surface area contributed by atoms with Crippen LogP contribution in [0.2, 0.25) is 0 Å². The van der Waals surface area contributed by atoms with Gasteiger partial charge < -0.3 is 0 Å². The SMILES string of the molecule is Cc1ncsc1-c1ccc([C@H](C)N2CCCC2)cc1. The summed E-state index contributed by atoms with van der Waals surface area (Å²) in [4.78, 5) is 8.19. The highest BCUT2D eigenvalue weighted by atomic mass is 32.1. The fraction of sp³-hybridized carbons (Fsp3) is 0.438. The van der Waals surface area contributed by atoms with E-state index in [0.29, 0.717) is 6.04 Å². The van der Waals surface area contributed by atoms with Gasteiger partial charge in [0.2, 0.25) is 0 Å². The van der Waals surface area contributed by atoms with E-state index >= 15 is 0 Å². The third-order valence-corrected chi connectivity index (χ3v) is 5.07. The zero-order chi connectivity index (χ0) is 13.2. The molecule has 0 spiro atoms. The topological polar surface area (TPSA) is 16.1 Å². The maximum Gasteiger partial charge on any atom is 0.0801 e. The Balaban J connectivity index is 1.80. The molecular weight excluding hydrogens is 252 g/mol. The largest absolute Gasteiger partial charge is 0.297 e. The second-order valence-electron chi connectivity index (χ2n) is 5.31. The van der Waals surface area contributed by atoms with Crippen molar-refractivity contribution in [1.29, 1.82) is 0 Å². The first-order chi connectivity index (χ1) is 9.25. The van der Waals surface area contributed by atoms with Gasteiger partial charge >= 0.3 is 0 Å². The summed E-state index contributed by atoms with van der Waals surface area (Å²) < 4.78 is 0. The fourth-order valence-electron chi connectivity index (χ4n) is 2.83. The van der Waals surface area contributed by atoms with E-state index in [1.165, 1.54) is 41.9 Å². The molecule has 0 N–H and O–H groups in total.